The minimum absolute atomic E-state index is 0. The Hall–Kier alpha value is -0.336. The van der Waals surface area contributed by atoms with Gasteiger partial charge in [0.15, 0.2) is 0 Å². The van der Waals surface area contributed by atoms with Crippen LogP contribution in [0.4, 0.5) is 0 Å². The van der Waals surface area contributed by atoms with Crippen LogP contribution in [0.3, 0.4) is 0 Å². The maximum absolute atomic E-state index is 9.18. The van der Waals surface area contributed by atoms with Gasteiger partial charge in [0.25, 0.3) is 0 Å². The van der Waals surface area contributed by atoms with Gasteiger partial charge in [0.05, 0.1) is 0 Å². The van der Waals surface area contributed by atoms with Crippen LogP contribution in [0.25, 0.3) is 0 Å². The molecule has 1 aliphatic carbocycles. The van der Waals surface area contributed by atoms with Gasteiger partial charge >= 0.3 is 24.8 Å². The quantitative estimate of drug-likeness (QED) is 0.424. The largest absolute Gasteiger partial charge is 1.00 e. The second-order valence-electron chi connectivity index (χ2n) is 4.80. The fourth-order valence-electron chi connectivity index (χ4n) is 1.31. The summed E-state index contributed by atoms with van der Waals surface area (Å²) in [6, 6.07) is 7.39. The van der Waals surface area contributed by atoms with Crippen molar-refractivity contribution in [1.82, 2.24) is 0 Å². The molecule has 0 bridgehead atoms. The zero-order valence-electron chi connectivity index (χ0n) is 12.2. The van der Waals surface area contributed by atoms with Gasteiger partial charge < -0.3 is 29.9 Å². The first-order chi connectivity index (χ1) is 8.50. The summed E-state index contributed by atoms with van der Waals surface area (Å²) < 4.78 is 0. The summed E-state index contributed by atoms with van der Waals surface area (Å²) in [7, 11) is 0. The third kappa shape index (κ3) is 11.5. The molecule has 1 aromatic carbocycles. The van der Waals surface area contributed by atoms with Gasteiger partial charge in [0.2, 0.25) is 0 Å². The Kier molecular flexibility index (Phi) is 16.8. The number of aromatic hydroxyl groups is 1. The molecule has 0 aliphatic heterocycles. The molecule has 0 unspecified atom stereocenters. The number of hydrogen-bond donors (Lipinski definition) is 1. The molecule has 1 nitrogen and oxygen atoms in total. The molecule has 1 N–H and O–H groups in total. The van der Waals surface area contributed by atoms with E-state index in [0.717, 1.165) is 12.0 Å². The first-order valence-electron chi connectivity index (χ1n) is 5.87. The summed E-state index contributed by atoms with van der Waals surface area (Å²) >= 11 is 1.75. The number of halogens is 2. The molecule has 0 saturated heterocycles. The van der Waals surface area contributed by atoms with Crippen molar-refractivity contribution >= 4 is 4.82 Å². The number of phenolic OH excluding ortho intramolecular Hbond substituents is 1. The van der Waals surface area contributed by atoms with Gasteiger partial charge in [-0.2, -0.15) is 6.08 Å². The van der Waals surface area contributed by atoms with E-state index in [1.165, 1.54) is 0 Å². The molecule has 0 spiro atoms. The van der Waals surface area contributed by atoms with Crippen molar-refractivity contribution in [2.75, 3.05) is 0 Å². The summed E-state index contributed by atoms with van der Waals surface area (Å²) in [4.78, 5) is 3.25. The molecule has 0 saturated carbocycles. The Morgan fingerprint density at radius 1 is 1.20 bits per heavy atom. The Labute approximate surface area is 146 Å². The third-order valence-electron chi connectivity index (χ3n) is 2.30. The summed E-state index contributed by atoms with van der Waals surface area (Å²) in [5.74, 6) is 0.345. The Balaban J connectivity index is -0.000000274. The fourth-order valence-corrected chi connectivity index (χ4v) is 1.31. The molecule has 0 heterocycles. The second kappa shape index (κ2) is 13.6. The Morgan fingerprint density at radius 2 is 1.80 bits per heavy atom. The van der Waals surface area contributed by atoms with E-state index in [1.807, 2.05) is 24.3 Å². The van der Waals surface area contributed by atoms with E-state index < -0.39 is 0 Å². The molecule has 1 aromatic rings. The summed E-state index contributed by atoms with van der Waals surface area (Å²) in [5.41, 5.74) is 1.29. The van der Waals surface area contributed by atoms with Gasteiger partial charge in [0, 0.05) is 0 Å². The zero-order valence-corrected chi connectivity index (χ0v) is 15.2. The van der Waals surface area contributed by atoms with Crippen LogP contribution >= 0.6 is 0 Å². The predicted molar refractivity (Wildman–Crippen MR) is 75.5 cm³/mol. The van der Waals surface area contributed by atoms with E-state index in [9.17, 15) is 5.11 Å². The SMILES string of the molecule is CC(C)(C)c1cccc(O)c1.[C-]1=CC=CC1.[CH2]=[Ti+].[Cl-].[Cl-]. The van der Waals surface area contributed by atoms with Crippen molar-refractivity contribution in [3.05, 3.63) is 54.1 Å². The van der Waals surface area contributed by atoms with Crippen LogP contribution in [0.1, 0.15) is 32.8 Å². The molecule has 0 aromatic heterocycles. The number of phenols is 1. The minimum Gasteiger partial charge on any atom is -1.00 e. The van der Waals surface area contributed by atoms with E-state index in [2.05, 4.69) is 37.7 Å². The van der Waals surface area contributed by atoms with Gasteiger partial charge in [-0.25, -0.2) is 12.2 Å². The molecular formula is C16H21Cl2OTi-2. The Bertz CT molecular complexity index is 399. The molecule has 2 rings (SSSR count). The topological polar surface area (TPSA) is 20.2 Å². The van der Waals surface area contributed by atoms with E-state index in [4.69, 9.17) is 0 Å². The Morgan fingerprint density at radius 3 is 2.05 bits per heavy atom. The average molecular weight is 348 g/mol. The van der Waals surface area contributed by atoms with Gasteiger partial charge in [-0.05, 0) is 23.1 Å². The molecular weight excluding hydrogens is 327 g/mol. The maximum Gasteiger partial charge on any atom is -1.00 e. The molecule has 4 heteroatoms. The van der Waals surface area contributed by atoms with Gasteiger partial charge in [-0.15, -0.1) is 6.42 Å². The van der Waals surface area contributed by atoms with Crippen LogP contribution in [0, 0.1) is 6.08 Å². The second-order valence-corrected chi connectivity index (χ2v) is 4.80. The molecule has 1 aliphatic rings. The number of hydrogen-bond acceptors (Lipinski definition) is 1. The van der Waals surface area contributed by atoms with Crippen molar-refractivity contribution in [1.29, 1.82) is 0 Å². The summed E-state index contributed by atoms with van der Waals surface area (Å²) in [6.07, 6.45) is 10.0. The molecule has 0 atom stereocenters. The molecule has 0 fully saturated rings. The zero-order chi connectivity index (χ0) is 14.0. The predicted octanol–water partition coefficient (Wildman–Crippen LogP) is -2.03. The van der Waals surface area contributed by atoms with Crippen LogP contribution in [0.5, 0.6) is 5.75 Å². The van der Waals surface area contributed by atoms with Gasteiger partial charge in [-0.1, -0.05) is 32.9 Å². The van der Waals surface area contributed by atoms with E-state index in [0.29, 0.717) is 5.75 Å². The standard InChI is InChI=1S/C10H14O.C5H5.CH2.2ClH.Ti/c1-10(2,3)8-5-4-6-9(11)7-8;1-2-4-5-3-1;;;;/h4-7,11H,1-3H3;1-3H,4H2;1H2;2*1H;/q;-1;;;;+1/p-2. The molecule has 0 radical (unpaired) electrons. The van der Waals surface area contributed by atoms with Crippen LogP contribution in [0.15, 0.2) is 42.5 Å². The maximum atomic E-state index is 9.18. The fraction of sp³-hybridized carbons (Fsp3) is 0.312. The van der Waals surface area contributed by atoms with Crippen molar-refractivity contribution in [2.45, 2.75) is 32.6 Å². The van der Waals surface area contributed by atoms with Gasteiger partial charge in [0.1, 0.15) is 5.75 Å². The molecule has 0 amide bonds. The molecule has 111 valence electrons. The first-order valence-corrected chi connectivity index (χ1v) is 6.97. The van der Waals surface area contributed by atoms with Crippen molar-refractivity contribution in [2.24, 2.45) is 0 Å². The summed E-state index contributed by atoms with van der Waals surface area (Å²) in [6.45, 7) is 6.38. The molecule has 20 heavy (non-hydrogen) atoms. The number of rotatable bonds is 0. The monoisotopic (exact) mass is 347 g/mol. The van der Waals surface area contributed by atoms with E-state index >= 15 is 0 Å². The van der Waals surface area contributed by atoms with Crippen LogP contribution in [-0.2, 0) is 25.4 Å². The summed E-state index contributed by atoms with van der Waals surface area (Å²) in [5, 5.41) is 9.18. The minimum atomic E-state index is 0. The van der Waals surface area contributed by atoms with E-state index in [1.54, 1.807) is 32.1 Å². The first kappa shape index (κ1) is 24.7. The van der Waals surface area contributed by atoms with Crippen LogP contribution < -0.4 is 24.8 Å². The van der Waals surface area contributed by atoms with Crippen molar-refractivity contribution in [3.8, 4) is 5.75 Å². The van der Waals surface area contributed by atoms with E-state index in [-0.39, 0.29) is 30.2 Å². The smallest absolute Gasteiger partial charge is 1.00 e. The van der Waals surface area contributed by atoms with Crippen LogP contribution in [-0.4, -0.2) is 9.92 Å². The number of allylic oxidation sites excluding steroid dienone is 4. The van der Waals surface area contributed by atoms with Crippen LogP contribution in [0.2, 0.25) is 0 Å². The third-order valence-corrected chi connectivity index (χ3v) is 2.30. The average Bonchev–Trinajstić information content (AvgIpc) is 2.89. The van der Waals surface area contributed by atoms with Crippen molar-refractivity contribution in [3.63, 3.8) is 0 Å². The normalized spacial score (nSPS) is 11.1. The number of benzene rings is 1. The van der Waals surface area contributed by atoms with Crippen molar-refractivity contribution < 1.29 is 49.9 Å². The van der Waals surface area contributed by atoms with Gasteiger partial charge in [-0.3, -0.25) is 6.08 Å².